The standard InChI is InChI=1S/C41H31N4/c1-45-40(32-15-6-3-7-16-32)43-39(31-13-4-2-5-14-31)44(45)41(45)38-34-17-9-8-12-28(34)25-26-35(38)30-23-21-29(22-24-30)33-18-10-20-37-36(33)19-11-27-42-37/h2-27,40-41H,1H3/q+1. The Hall–Kier alpha value is -5.58. The van der Waals surface area contributed by atoms with E-state index in [0.29, 0.717) is 4.59 Å². The molecule has 0 bridgehead atoms. The molecule has 4 nitrogen and oxygen atoms in total. The Balaban J connectivity index is 1.20. The maximum atomic E-state index is 5.37. The predicted octanol–water partition coefficient (Wildman–Crippen LogP) is 9.56. The highest BCUT2D eigenvalue weighted by atomic mass is 16.0. The molecule has 3 atom stereocenters. The van der Waals surface area contributed by atoms with E-state index >= 15 is 0 Å². The minimum Gasteiger partial charge on any atom is -0.256 e. The number of quaternary nitrogens is 1. The maximum absolute atomic E-state index is 5.37. The van der Waals surface area contributed by atoms with Crippen LogP contribution in [0.15, 0.2) is 163 Å². The zero-order chi connectivity index (χ0) is 30.0. The first-order valence-corrected chi connectivity index (χ1v) is 15.5. The molecule has 0 N–H and O–H groups in total. The van der Waals surface area contributed by atoms with Gasteiger partial charge in [0.1, 0.15) is 0 Å². The maximum Gasteiger partial charge on any atom is 0.261 e. The molecule has 6 aromatic carbocycles. The van der Waals surface area contributed by atoms with Gasteiger partial charge in [0.25, 0.3) is 6.17 Å². The zero-order valence-electron chi connectivity index (χ0n) is 25.0. The monoisotopic (exact) mass is 579 g/mol. The Morgan fingerprint density at radius 1 is 0.556 bits per heavy atom. The molecule has 0 aliphatic carbocycles. The van der Waals surface area contributed by atoms with E-state index in [0.717, 1.165) is 16.9 Å². The van der Waals surface area contributed by atoms with Crippen molar-refractivity contribution in [3.63, 3.8) is 0 Å². The molecule has 0 radical (unpaired) electrons. The highest BCUT2D eigenvalue weighted by molar-refractivity contribution is 6.01. The molecule has 214 valence electrons. The lowest BCUT2D eigenvalue weighted by molar-refractivity contribution is -0.876. The Morgan fingerprint density at radius 3 is 2.04 bits per heavy atom. The summed E-state index contributed by atoms with van der Waals surface area (Å²) in [5.41, 5.74) is 9.61. The van der Waals surface area contributed by atoms with Crippen LogP contribution in [0, 0.1) is 0 Å². The van der Waals surface area contributed by atoms with E-state index in [1.807, 2.05) is 12.3 Å². The van der Waals surface area contributed by atoms with Crippen LogP contribution in [-0.4, -0.2) is 27.5 Å². The van der Waals surface area contributed by atoms with Crippen molar-refractivity contribution in [3.05, 3.63) is 175 Å². The second kappa shape index (κ2) is 9.98. The summed E-state index contributed by atoms with van der Waals surface area (Å²) < 4.78 is 0.691. The number of fused-ring (bicyclic) bond motifs is 3. The summed E-state index contributed by atoms with van der Waals surface area (Å²) in [5, 5.41) is 6.22. The second-order valence-electron chi connectivity index (χ2n) is 12.1. The molecule has 0 saturated carbocycles. The van der Waals surface area contributed by atoms with Crippen LogP contribution < -0.4 is 0 Å². The molecule has 1 aromatic heterocycles. The van der Waals surface area contributed by atoms with E-state index in [2.05, 4.69) is 163 Å². The van der Waals surface area contributed by atoms with Crippen molar-refractivity contribution in [2.75, 3.05) is 7.05 Å². The summed E-state index contributed by atoms with van der Waals surface area (Å²) in [4.78, 5) is 9.94. The van der Waals surface area contributed by atoms with Gasteiger partial charge in [-0.25, -0.2) is 0 Å². The first kappa shape index (κ1) is 25.9. The topological polar surface area (TPSA) is 28.3 Å². The summed E-state index contributed by atoms with van der Waals surface area (Å²) >= 11 is 0. The van der Waals surface area contributed by atoms with Crippen molar-refractivity contribution in [3.8, 4) is 22.3 Å². The van der Waals surface area contributed by atoms with E-state index in [1.165, 1.54) is 49.5 Å². The fourth-order valence-electron chi connectivity index (χ4n) is 7.40. The van der Waals surface area contributed by atoms with Crippen molar-refractivity contribution in [1.82, 2.24) is 9.99 Å². The van der Waals surface area contributed by atoms with Crippen LogP contribution in [0.1, 0.15) is 29.0 Å². The Labute approximate surface area is 262 Å². The number of rotatable bonds is 5. The van der Waals surface area contributed by atoms with Crippen molar-refractivity contribution in [2.24, 2.45) is 4.99 Å². The third kappa shape index (κ3) is 3.96. The van der Waals surface area contributed by atoms with Gasteiger partial charge < -0.3 is 0 Å². The van der Waals surface area contributed by atoms with Crippen molar-refractivity contribution >= 4 is 27.5 Å². The zero-order valence-corrected chi connectivity index (χ0v) is 25.0. The Morgan fingerprint density at radius 2 is 1.24 bits per heavy atom. The molecule has 4 heteroatoms. The Bertz CT molecular complexity index is 2240. The smallest absolute Gasteiger partial charge is 0.256 e. The highest BCUT2D eigenvalue weighted by Gasteiger charge is 2.73. The quantitative estimate of drug-likeness (QED) is 0.150. The van der Waals surface area contributed by atoms with Gasteiger partial charge in [-0.1, -0.05) is 140 Å². The number of amidine groups is 1. The third-order valence-corrected chi connectivity index (χ3v) is 9.60. The van der Waals surface area contributed by atoms with Crippen LogP contribution in [0.4, 0.5) is 0 Å². The number of nitrogens with zero attached hydrogens (tertiary/aromatic N) is 4. The minimum atomic E-state index is -0.0272. The summed E-state index contributed by atoms with van der Waals surface area (Å²) in [6.45, 7) is 0. The second-order valence-corrected chi connectivity index (χ2v) is 12.1. The van der Waals surface area contributed by atoms with Gasteiger partial charge in [-0.2, -0.15) is 9.58 Å². The van der Waals surface area contributed by atoms with Crippen molar-refractivity contribution < 1.29 is 4.59 Å². The first-order chi connectivity index (χ1) is 22.2. The normalized spacial score (nSPS) is 20.3. The molecule has 1 fully saturated rings. The molecule has 1 saturated heterocycles. The number of aliphatic imine (C=N–C) groups is 1. The number of aromatic nitrogens is 1. The van der Waals surface area contributed by atoms with Crippen LogP contribution in [0.3, 0.4) is 0 Å². The third-order valence-electron chi connectivity index (χ3n) is 9.60. The molecule has 7 aromatic rings. The lowest BCUT2D eigenvalue weighted by atomic mass is 9.91. The molecule has 2 aliphatic heterocycles. The Kier molecular flexibility index (Phi) is 5.74. The SMILES string of the molecule is C[N+]12C(c3ccccc3)N=C(c3ccccc3)N1C2c1c(-c2ccc(-c3cccc4ncccc34)cc2)ccc2ccccc12. The van der Waals surface area contributed by atoms with E-state index in [9.17, 15) is 0 Å². The van der Waals surface area contributed by atoms with Gasteiger partial charge in [0.15, 0.2) is 5.84 Å². The molecule has 0 spiro atoms. The van der Waals surface area contributed by atoms with E-state index in [-0.39, 0.29) is 12.3 Å². The largest absolute Gasteiger partial charge is 0.261 e. The molecule has 3 heterocycles. The lowest BCUT2D eigenvalue weighted by Gasteiger charge is -2.19. The van der Waals surface area contributed by atoms with Gasteiger partial charge in [-0.3, -0.25) is 4.98 Å². The number of hydrogen-bond donors (Lipinski definition) is 0. The van der Waals surface area contributed by atoms with Crippen molar-refractivity contribution in [2.45, 2.75) is 12.3 Å². The van der Waals surface area contributed by atoms with Crippen LogP contribution in [-0.2, 0) is 0 Å². The molecular formula is C41H31N4+. The predicted molar refractivity (Wildman–Crippen MR) is 183 cm³/mol. The van der Waals surface area contributed by atoms with Gasteiger partial charge in [0.05, 0.1) is 18.1 Å². The van der Waals surface area contributed by atoms with E-state index in [1.54, 1.807) is 0 Å². The summed E-state index contributed by atoms with van der Waals surface area (Å²) in [7, 11) is 2.34. The summed E-state index contributed by atoms with van der Waals surface area (Å²) in [6.07, 6.45) is 1.95. The summed E-state index contributed by atoms with van der Waals surface area (Å²) in [5.74, 6) is 1.05. The van der Waals surface area contributed by atoms with Crippen LogP contribution in [0.25, 0.3) is 43.9 Å². The van der Waals surface area contributed by atoms with E-state index in [4.69, 9.17) is 4.99 Å². The first-order valence-electron chi connectivity index (χ1n) is 15.5. The number of pyridine rings is 1. The van der Waals surface area contributed by atoms with Gasteiger partial charge in [-0.05, 0) is 45.2 Å². The molecular weight excluding hydrogens is 548 g/mol. The molecule has 9 rings (SSSR count). The fraction of sp³-hybridized carbons (Fsp3) is 0.0732. The van der Waals surface area contributed by atoms with Gasteiger partial charge in [0, 0.05) is 22.7 Å². The summed E-state index contributed by atoms with van der Waals surface area (Å²) in [6, 6.07) is 54.4. The van der Waals surface area contributed by atoms with Crippen LogP contribution in [0.5, 0.6) is 0 Å². The molecule has 0 amide bonds. The molecule has 2 aliphatic rings. The van der Waals surface area contributed by atoms with E-state index < -0.39 is 0 Å². The molecule has 3 unspecified atom stereocenters. The lowest BCUT2D eigenvalue weighted by Crippen LogP contribution is -2.26. The molecule has 45 heavy (non-hydrogen) atoms. The van der Waals surface area contributed by atoms with Crippen LogP contribution >= 0.6 is 0 Å². The van der Waals surface area contributed by atoms with Crippen LogP contribution in [0.2, 0.25) is 0 Å². The number of benzene rings is 6. The van der Waals surface area contributed by atoms with Crippen molar-refractivity contribution in [1.29, 1.82) is 0 Å². The fourth-order valence-corrected chi connectivity index (χ4v) is 7.40. The van der Waals surface area contributed by atoms with Gasteiger partial charge in [-0.15, -0.1) is 5.01 Å². The average Bonchev–Trinajstić information content (AvgIpc) is 3.60. The highest BCUT2D eigenvalue weighted by Crippen LogP contribution is 2.63. The minimum absolute atomic E-state index is 0.0272. The number of hydrogen-bond acceptors (Lipinski definition) is 3. The van der Waals surface area contributed by atoms with Gasteiger partial charge in [0.2, 0.25) is 6.17 Å². The van der Waals surface area contributed by atoms with Gasteiger partial charge >= 0.3 is 0 Å². The average molecular weight is 580 g/mol.